The number of piperazine rings is 1. The molecule has 1 N–H and O–H groups in total. The quantitative estimate of drug-likeness (QED) is 0.660. The number of carbonyl (C=O) groups is 2. The Morgan fingerprint density at radius 1 is 0.909 bits per heavy atom. The molecular weight excluding hydrogens is 454 g/mol. The number of nitrogens with one attached hydrogen (secondary N) is 1. The Morgan fingerprint density at radius 3 is 2.00 bits per heavy atom. The van der Waals surface area contributed by atoms with E-state index in [1.165, 1.54) is 43.4 Å². The third-order valence-corrected chi connectivity index (χ3v) is 7.27. The molecule has 2 aromatic carbocycles. The first-order chi connectivity index (χ1) is 15.7. The van der Waals surface area contributed by atoms with Gasteiger partial charge in [0.1, 0.15) is 11.6 Å². The molecule has 1 aliphatic rings. The number of hydrogen-bond donors (Lipinski definition) is 1. The first kappa shape index (κ1) is 24.6. The molecule has 3 rings (SSSR count). The van der Waals surface area contributed by atoms with Gasteiger partial charge in [-0.2, -0.15) is 0 Å². The Bertz CT molecular complexity index is 1070. The van der Waals surface area contributed by atoms with Gasteiger partial charge in [0.15, 0.2) is 0 Å². The zero-order chi connectivity index (χ0) is 24.0. The van der Waals surface area contributed by atoms with Gasteiger partial charge in [-0.15, -0.1) is 0 Å². The van der Waals surface area contributed by atoms with Gasteiger partial charge in [0, 0.05) is 51.9 Å². The van der Waals surface area contributed by atoms with Crippen LogP contribution < -0.4 is 5.32 Å². The highest BCUT2D eigenvalue weighted by molar-refractivity contribution is 7.89. The summed E-state index contributed by atoms with van der Waals surface area (Å²) in [6.45, 7) is 1.61. The van der Waals surface area contributed by atoms with Crippen LogP contribution in [-0.4, -0.2) is 74.2 Å². The van der Waals surface area contributed by atoms with Crippen molar-refractivity contribution in [1.82, 2.24) is 14.1 Å². The normalized spacial score (nSPS) is 14.4. The van der Waals surface area contributed by atoms with Crippen LogP contribution in [0, 0.1) is 11.6 Å². The number of urea groups is 1. The Morgan fingerprint density at radius 2 is 1.42 bits per heavy atom. The molecule has 2 aromatic rings. The topological polar surface area (TPSA) is 90.0 Å². The summed E-state index contributed by atoms with van der Waals surface area (Å²) in [6.07, 6.45) is 0.506. The molecule has 33 heavy (non-hydrogen) atoms. The predicted molar refractivity (Wildman–Crippen MR) is 119 cm³/mol. The summed E-state index contributed by atoms with van der Waals surface area (Å²) in [5.41, 5.74) is 0.486. The first-order valence-electron chi connectivity index (χ1n) is 10.5. The summed E-state index contributed by atoms with van der Waals surface area (Å²) in [4.78, 5) is 28.1. The van der Waals surface area contributed by atoms with E-state index in [1.807, 2.05) is 0 Å². The summed E-state index contributed by atoms with van der Waals surface area (Å²) < 4.78 is 52.2. The minimum Gasteiger partial charge on any atom is -0.339 e. The van der Waals surface area contributed by atoms with Gasteiger partial charge in [-0.3, -0.25) is 4.79 Å². The Labute approximate surface area is 191 Å². The molecule has 0 bridgehead atoms. The van der Waals surface area contributed by atoms with Crippen LogP contribution >= 0.6 is 0 Å². The number of carbonyl (C=O) groups excluding carboxylic acids is 2. The van der Waals surface area contributed by atoms with Crippen molar-refractivity contribution in [3.8, 4) is 0 Å². The molecule has 1 heterocycles. The Kier molecular flexibility index (Phi) is 7.98. The summed E-state index contributed by atoms with van der Waals surface area (Å²) in [7, 11) is -2.34. The fourth-order valence-electron chi connectivity index (χ4n) is 3.41. The van der Waals surface area contributed by atoms with Gasteiger partial charge in [0.25, 0.3) is 0 Å². The third kappa shape index (κ3) is 6.48. The highest BCUT2D eigenvalue weighted by Gasteiger charge is 2.25. The number of nitrogens with zero attached hydrogens (tertiary/aromatic N) is 3. The first-order valence-corrected chi connectivity index (χ1v) is 11.9. The van der Waals surface area contributed by atoms with Crippen molar-refractivity contribution in [2.45, 2.75) is 17.7 Å². The number of hydrogen-bond acceptors (Lipinski definition) is 4. The van der Waals surface area contributed by atoms with Crippen molar-refractivity contribution in [2.24, 2.45) is 0 Å². The standard InChI is InChI=1S/C22H26F2N4O4S/c1-26(33(31,32)20-10-6-18(24)7-11-20)12-2-3-21(29)27-13-15-28(16-14-27)22(30)25-19-8-4-17(23)5-9-19/h4-11H,2-3,12-16H2,1H3,(H,25,30). The number of amides is 3. The molecule has 1 saturated heterocycles. The van der Waals surface area contributed by atoms with Crippen molar-refractivity contribution in [3.05, 3.63) is 60.2 Å². The third-order valence-electron chi connectivity index (χ3n) is 5.40. The summed E-state index contributed by atoms with van der Waals surface area (Å²) in [5, 5.41) is 2.69. The van der Waals surface area contributed by atoms with E-state index >= 15 is 0 Å². The van der Waals surface area contributed by atoms with E-state index in [1.54, 1.807) is 9.80 Å². The van der Waals surface area contributed by atoms with Crippen molar-refractivity contribution in [2.75, 3.05) is 45.1 Å². The van der Waals surface area contributed by atoms with Gasteiger partial charge in [-0.05, 0) is 55.0 Å². The van der Waals surface area contributed by atoms with Crippen LogP contribution in [0.4, 0.5) is 19.3 Å². The maximum absolute atomic E-state index is 13.0. The van der Waals surface area contributed by atoms with E-state index in [0.29, 0.717) is 38.3 Å². The van der Waals surface area contributed by atoms with E-state index in [4.69, 9.17) is 0 Å². The van der Waals surface area contributed by atoms with E-state index in [0.717, 1.165) is 16.4 Å². The lowest BCUT2D eigenvalue weighted by molar-refractivity contribution is -0.132. The van der Waals surface area contributed by atoms with Crippen LogP contribution in [0.25, 0.3) is 0 Å². The highest BCUT2D eigenvalue weighted by Crippen LogP contribution is 2.16. The van der Waals surface area contributed by atoms with Gasteiger partial charge in [-0.1, -0.05) is 0 Å². The largest absolute Gasteiger partial charge is 0.339 e. The molecule has 0 radical (unpaired) electrons. The van der Waals surface area contributed by atoms with E-state index in [-0.39, 0.29) is 35.6 Å². The van der Waals surface area contributed by atoms with Crippen molar-refractivity contribution < 1.29 is 26.8 Å². The van der Waals surface area contributed by atoms with Crippen LogP contribution in [0.3, 0.4) is 0 Å². The molecule has 1 fully saturated rings. The maximum atomic E-state index is 13.0. The maximum Gasteiger partial charge on any atom is 0.321 e. The predicted octanol–water partition coefficient (Wildman–Crippen LogP) is 2.74. The van der Waals surface area contributed by atoms with Gasteiger partial charge < -0.3 is 15.1 Å². The van der Waals surface area contributed by atoms with Gasteiger partial charge in [-0.25, -0.2) is 26.3 Å². The molecule has 1 aliphatic heterocycles. The zero-order valence-electron chi connectivity index (χ0n) is 18.2. The highest BCUT2D eigenvalue weighted by atomic mass is 32.2. The SMILES string of the molecule is CN(CCCC(=O)N1CCN(C(=O)Nc2ccc(F)cc2)CC1)S(=O)(=O)c1ccc(F)cc1. The molecule has 0 unspecified atom stereocenters. The monoisotopic (exact) mass is 480 g/mol. The van der Waals surface area contributed by atoms with Gasteiger partial charge in [0.2, 0.25) is 15.9 Å². The average molecular weight is 481 g/mol. The summed E-state index contributed by atoms with van der Waals surface area (Å²) >= 11 is 0. The van der Waals surface area contributed by atoms with Crippen LogP contribution in [0.5, 0.6) is 0 Å². The van der Waals surface area contributed by atoms with E-state index < -0.39 is 15.8 Å². The fraction of sp³-hybridized carbons (Fsp3) is 0.364. The second kappa shape index (κ2) is 10.7. The lowest BCUT2D eigenvalue weighted by atomic mass is 10.2. The van der Waals surface area contributed by atoms with Crippen molar-refractivity contribution in [1.29, 1.82) is 0 Å². The van der Waals surface area contributed by atoms with Crippen LogP contribution in [0.1, 0.15) is 12.8 Å². The Hall–Kier alpha value is -3.05. The molecule has 0 saturated carbocycles. The number of benzene rings is 2. The van der Waals surface area contributed by atoms with Gasteiger partial charge >= 0.3 is 6.03 Å². The Balaban J connectivity index is 1.41. The lowest BCUT2D eigenvalue weighted by Gasteiger charge is -2.34. The molecule has 0 aromatic heterocycles. The van der Waals surface area contributed by atoms with E-state index in [9.17, 15) is 26.8 Å². The minimum atomic E-state index is -3.75. The number of anilines is 1. The van der Waals surface area contributed by atoms with E-state index in [2.05, 4.69) is 5.32 Å². The summed E-state index contributed by atoms with van der Waals surface area (Å²) in [5.74, 6) is -1.02. The molecule has 178 valence electrons. The molecule has 3 amide bonds. The smallest absolute Gasteiger partial charge is 0.321 e. The fourth-order valence-corrected chi connectivity index (χ4v) is 4.62. The number of halogens is 2. The van der Waals surface area contributed by atoms with Crippen LogP contribution in [-0.2, 0) is 14.8 Å². The molecule has 11 heteroatoms. The number of sulfonamides is 1. The molecule has 0 spiro atoms. The molecule has 8 nitrogen and oxygen atoms in total. The van der Waals surface area contributed by atoms with Crippen molar-refractivity contribution >= 4 is 27.6 Å². The zero-order valence-corrected chi connectivity index (χ0v) is 19.0. The second-order valence-electron chi connectivity index (χ2n) is 7.69. The molecular formula is C22H26F2N4O4S. The van der Waals surface area contributed by atoms with Gasteiger partial charge in [0.05, 0.1) is 4.90 Å². The second-order valence-corrected chi connectivity index (χ2v) is 9.73. The lowest BCUT2D eigenvalue weighted by Crippen LogP contribution is -2.51. The molecule has 0 aliphatic carbocycles. The molecule has 0 atom stereocenters. The average Bonchev–Trinajstić information content (AvgIpc) is 2.80. The van der Waals surface area contributed by atoms with Crippen molar-refractivity contribution in [3.63, 3.8) is 0 Å². The van der Waals surface area contributed by atoms with Crippen LogP contribution in [0.15, 0.2) is 53.4 Å². The van der Waals surface area contributed by atoms with Crippen LogP contribution in [0.2, 0.25) is 0 Å². The summed E-state index contributed by atoms with van der Waals surface area (Å²) in [6, 6.07) is 9.73. The number of rotatable bonds is 7. The minimum absolute atomic E-state index is 0.00670.